The van der Waals surface area contributed by atoms with Gasteiger partial charge in [0.05, 0.1) is 6.54 Å². The normalized spacial score (nSPS) is 10.8. The lowest BCUT2D eigenvalue weighted by Crippen LogP contribution is -2.28. The van der Waals surface area contributed by atoms with Gasteiger partial charge in [0.15, 0.2) is 0 Å². The standard InChI is InChI=1S/C20H23BrN2O4/c1-20(2,3)27-19(25)23-16-8-4-6-14(12-16)18(24)22-10-11-26-17-9-5-7-15(21)13-17/h4-9,12-13H,10-11H2,1-3H3,(H,22,24)(H,23,25). The lowest BCUT2D eigenvalue weighted by Gasteiger charge is -2.19. The maximum atomic E-state index is 12.3. The molecular weight excluding hydrogens is 412 g/mol. The van der Waals surface area contributed by atoms with Crippen molar-refractivity contribution in [3.05, 3.63) is 58.6 Å². The van der Waals surface area contributed by atoms with Crippen LogP contribution in [0.4, 0.5) is 10.5 Å². The Morgan fingerprint density at radius 1 is 1.07 bits per heavy atom. The highest BCUT2D eigenvalue weighted by molar-refractivity contribution is 9.10. The molecule has 0 aromatic heterocycles. The summed E-state index contributed by atoms with van der Waals surface area (Å²) in [5.41, 5.74) is 0.334. The molecule has 0 aliphatic rings. The summed E-state index contributed by atoms with van der Waals surface area (Å²) < 4.78 is 11.7. The number of nitrogens with one attached hydrogen (secondary N) is 2. The Bertz CT molecular complexity index is 803. The zero-order valence-electron chi connectivity index (χ0n) is 15.5. The summed E-state index contributed by atoms with van der Waals surface area (Å²) in [6.07, 6.45) is -0.567. The first-order chi connectivity index (χ1) is 12.7. The molecule has 2 aromatic carbocycles. The van der Waals surface area contributed by atoms with E-state index in [1.165, 1.54) is 0 Å². The van der Waals surface area contributed by atoms with Crippen molar-refractivity contribution in [3.8, 4) is 5.75 Å². The molecule has 144 valence electrons. The van der Waals surface area contributed by atoms with Crippen LogP contribution < -0.4 is 15.4 Å². The SMILES string of the molecule is CC(C)(C)OC(=O)Nc1cccc(C(=O)NCCOc2cccc(Br)c2)c1. The zero-order chi connectivity index (χ0) is 19.9. The smallest absolute Gasteiger partial charge is 0.412 e. The van der Waals surface area contributed by atoms with E-state index in [1.807, 2.05) is 24.3 Å². The van der Waals surface area contributed by atoms with E-state index in [1.54, 1.807) is 45.0 Å². The minimum Gasteiger partial charge on any atom is -0.492 e. The number of halogens is 1. The van der Waals surface area contributed by atoms with Crippen molar-refractivity contribution >= 4 is 33.6 Å². The molecule has 0 atom stereocenters. The Labute approximate surface area is 167 Å². The van der Waals surface area contributed by atoms with Crippen LogP contribution in [0.15, 0.2) is 53.0 Å². The van der Waals surface area contributed by atoms with Crippen molar-refractivity contribution < 1.29 is 19.1 Å². The number of hydrogen-bond acceptors (Lipinski definition) is 4. The lowest BCUT2D eigenvalue weighted by atomic mass is 10.2. The van der Waals surface area contributed by atoms with Gasteiger partial charge in [-0.05, 0) is 57.2 Å². The third kappa shape index (κ3) is 7.70. The molecule has 0 bridgehead atoms. The molecule has 2 N–H and O–H groups in total. The fraction of sp³-hybridized carbons (Fsp3) is 0.300. The number of hydrogen-bond donors (Lipinski definition) is 2. The average molecular weight is 435 g/mol. The first-order valence-corrected chi connectivity index (χ1v) is 9.29. The number of ether oxygens (including phenoxy) is 2. The molecule has 2 aromatic rings. The van der Waals surface area contributed by atoms with Crippen molar-refractivity contribution in [2.24, 2.45) is 0 Å². The predicted molar refractivity (Wildman–Crippen MR) is 108 cm³/mol. The minimum atomic E-state index is -0.590. The number of carbonyl (C=O) groups is 2. The Kier molecular flexibility index (Phi) is 7.24. The van der Waals surface area contributed by atoms with E-state index >= 15 is 0 Å². The fourth-order valence-corrected chi connectivity index (χ4v) is 2.53. The van der Waals surface area contributed by atoms with E-state index in [9.17, 15) is 9.59 Å². The van der Waals surface area contributed by atoms with Gasteiger partial charge in [0.2, 0.25) is 0 Å². The van der Waals surface area contributed by atoms with Gasteiger partial charge in [0, 0.05) is 15.7 Å². The molecule has 0 spiro atoms. The van der Waals surface area contributed by atoms with Gasteiger partial charge in [-0.2, -0.15) is 0 Å². The average Bonchev–Trinajstić information content (AvgIpc) is 2.57. The van der Waals surface area contributed by atoms with E-state index in [0.717, 1.165) is 10.2 Å². The van der Waals surface area contributed by atoms with Gasteiger partial charge >= 0.3 is 6.09 Å². The molecule has 7 heteroatoms. The van der Waals surface area contributed by atoms with Crippen molar-refractivity contribution in [3.63, 3.8) is 0 Å². The van der Waals surface area contributed by atoms with E-state index < -0.39 is 11.7 Å². The minimum absolute atomic E-state index is 0.249. The number of carbonyl (C=O) groups excluding carboxylic acids is 2. The van der Waals surface area contributed by atoms with E-state index in [0.29, 0.717) is 24.4 Å². The van der Waals surface area contributed by atoms with Gasteiger partial charge < -0.3 is 14.8 Å². The fourth-order valence-electron chi connectivity index (χ4n) is 2.15. The van der Waals surface area contributed by atoms with Gasteiger partial charge in [-0.25, -0.2) is 4.79 Å². The van der Waals surface area contributed by atoms with Gasteiger partial charge in [0.25, 0.3) is 5.91 Å². The van der Waals surface area contributed by atoms with Crippen LogP contribution in [-0.2, 0) is 4.74 Å². The van der Waals surface area contributed by atoms with E-state index in [-0.39, 0.29) is 5.91 Å². The molecule has 0 aliphatic carbocycles. The molecule has 0 saturated carbocycles. The molecule has 0 heterocycles. The summed E-state index contributed by atoms with van der Waals surface area (Å²) in [4.78, 5) is 24.1. The summed E-state index contributed by atoms with van der Waals surface area (Å²) in [7, 11) is 0. The molecule has 0 unspecified atom stereocenters. The quantitative estimate of drug-likeness (QED) is 0.650. The van der Waals surface area contributed by atoms with Crippen LogP contribution in [0.1, 0.15) is 31.1 Å². The summed E-state index contributed by atoms with van der Waals surface area (Å²) in [6.45, 7) is 6.05. The van der Waals surface area contributed by atoms with Crippen LogP contribution in [0.25, 0.3) is 0 Å². The Balaban J connectivity index is 1.83. The highest BCUT2D eigenvalue weighted by atomic mass is 79.9. The summed E-state index contributed by atoms with van der Waals surface area (Å²) in [6, 6.07) is 14.1. The van der Waals surface area contributed by atoms with Gasteiger partial charge in [-0.3, -0.25) is 10.1 Å². The maximum Gasteiger partial charge on any atom is 0.412 e. The number of benzene rings is 2. The Morgan fingerprint density at radius 3 is 2.52 bits per heavy atom. The molecule has 0 radical (unpaired) electrons. The van der Waals surface area contributed by atoms with E-state index in [2.05, 4.69) is 26.6 Å². The van der Waals surface area contributed by atoms with Crippen LogP contribution in [-0.4, -0.2) is 30.8 Å². The summed E-state index contributed by atoms with van der Waals surface area (Å²) in [5, 5.41) is 5.40. The first kappa shape index (κ1) is 20.8. The lowest BCUT2D eigenvalue weighted by molar-refractivity contribution is 0.0635. The predicted octanol–water partition coefficient (Wildman–Crippen LogP) is 4.60. The largest absolute Gasteiger partial charge is 0.492 e. The van der Waals surface area contributed by atoms with E-state index in [4.69, 9.17) is 9.47 Å². The zero-order valence-corrected chi connectivity index (χ0v) is 17.1. The van der Waals surface area contributed by atoms with Crippen LogP contribution in [0, 0.1) is 0 Å². The van der Waals surface area contributed by atoms with Crippen molar-refractivity contribution in [1.29, 1.82) is 0 Å². The van der Waals surface area contributed by atoms with Crippen molar-refractivity contribution in [2.45, 2.75) is 26.4 Å². The molecule has 0 aliphatic heterocycles. The monoisotopic (exact) mass is 434 g/mol. The van der Waals surface area contributed by atoms with Crippen LogP contribution >= 0.6 is 15.9 Å². The van der Waals surface area contributed by atoms with Crippen LogP contribution in [0.3, 0.4) is 0 Å². The third-order valence-corrected chi connectivity index (χ3v) is 3.72. The second kappa shape index (κ2) is 9.41. The molecule has 0 saturated heterocycles. The molecule has 0 fully saturated rings. The molecule has 2 rings (SSSR count). The summed E-state index contributed by atoms with van der Waals surface area (Å²) in [5.74, 6) is 0.475. The van der Waals surface area contributed by atoms with Crippen LogP contribution in [0.5, 0.6) is 5.75 Å². The van der Waals surface area contributed by atoms with Crippen LogP contribution in [0.2, 0.25) is 0 Å². The molecule has 27 heavy (non-hydrogen) atoms. The Morgan fingerprint density at radius 2 is 1.81 bits per heavy atom. The second-order valence-electron chi connectivity index (χ2n) is 6.77. The summed E-state index contributed by atoms with van der Waals surface area (Å²) >= 11 is 3.38. The molecule has 2 amide bonds. The molecule has 6 nitrogen and oxygen atoms in total. The van der Waals surface area contributed by atoms with Crippen molar-refractivity contribution in [1.82, 2.24) is 5.32 Å². The topological polar surface area (TPSA) is 76.7 Å². The molecular formula is C20H23BrN2O4. The number of anilines is 1. The van der Waals surface area contributed by atoms with Gasteiger partial charge in [0.1, 0.15) is 18.0 Å². The highest BCUT2D eigenvalue weighted by Gasteiger charge is 2.16. The Hall–Kier alpha value is -2.54. The van der Waals surface area contributed by atoms with Gasteiger partial charge in [-0.15, -0.1) is 0 Å². The third-order valence-electron chi connectivity index (χ3n) is 3.22. The second-order valence-corrected chi connectivity index (χ2v) is 7.69. The van der Waals surface area contributed by atoms with Gasteiger partial charge in [-0.1, -0.05) is 28.1 Å². The maximum absolute atomic E-state index is 12.3. The first-order valence-electron chi connectivity index (χ1n) is 8.49. The number of amides is 2. The number of rotatable bonds is 6. The highest BCUT2D eigenvalue weighted by Crippen LogP contribution is 2.17. The van der Waals surface area contributed by atoms with Crippen molar-refractivity contribution in [2.75, 3.05) is 18.5 Å².